The molecule has 3 aromatic heterocycles. The molecule has 4 rings (SSSR count). The largest absolute Gasteiger partial charge is 0.380 e. The molecule has 0 aliphatic carbocycles. The summed E-state index contributed by atoms with van der Waals surface area (Å²) in [5.74, 6) is 0.972. The first-order chi connectivity index (χ1) is 12.2. The Morgan fingerprint density at radius 2 is 2.24 bits per heavy atom. The second-order valence-electron chi connectivity index (χ2n) is 6.48. The summed E-state index contributed by atoms with van der Waals surface area (Å²) < 4.78 is 5.62. The van der Waals surface area contributed by atoms with Crippen LogP contribution in [0, 0.1) is 6.92 Å². The molecule has 0 saturated carbocycles. The molecule has 1 fully saturated rings. The van der Waals surface area contributed by atoms with E-state index in [0.29, 0.717) is 0 Å². The Morgan fingerprint density at radius 1 is 1.32 bits per heavy atom. The van der Waals surface area contributed by atoms with Crippen molar-refractivity contribution in [1.82, 2.24) is 30.0 Å². The normalized spacial score (nSPS) is 21.0. The van der Waals surface area contributed by atoms with E-state index in [4.69, 9.17) is 4.74 Å². The van der Waals surface area contributed by atoms with E-state index in [2.05, 4.69) is 37.0 Å². The second-order valence-corrected chi connectivity index (χ2v) is 6.48. The minimum Gasteiger partial charge on any atom is -0.380 e. The van der Waals surface area contributed by atoms with Gasteiger partial charge in [-0.2, -0.15) is 5.10 Å². The monoisotopic (exact) mass is 338 g/mol. The van der Waals surface area contributed by atoms with Gasteiger partial charge in [0.25, 0.3) is 0 Å². The summed E-state index contributed by atoms with van der Waals surface area (Å²) in [6.07, 6.45) is 8.53. The number of imidazole rings is 1. The topological polar surface area (TPSA) is 82.7 Å². The van der Waals surface area contributed by atoms with Crippen molar-refractivity contribution in [1.29, 1.82) is 0 Å². The fraction of sp³-hybridized carbons (Fsp3) is 0.389. The van der Waals surface area contributed by atoms with Crippen molar-refractivity contribution >= 4 is 0 Å². The van der Waals surface area contributed by atoms with E-state index < -0.39 is 0 Å². The molecule has 3 aromatic rings. The Morgan fingerprint density at radius 3 is 2.96 bits per heavy atom. The number of likely N-dealkylation sites (tertiary alicyclic amines) is 1. The predicted molar refractivity (Wildman–Crippen MR) is 93.7 cm³/mol. The Bertz CT molecular complexity index is 827. The summed E-state index contributed by atoms with van der Waals surface area (Å²) >= 11 is 0. The molecule has 2 N–H and O–H groups in total. The molecular formula is C18H22N6O. The third kappa shape index (κ3) is 3.20. The van der Waals surface area contributed by atoms with Crippen molar-refractivity contribution in [2.75, 3.05) is 13.7 Å². The van der Waals surface area contributed by atoms with Crippen LogP contribution in [0.1, 0.15) is 29.5 Å². The maximum absolute atomic E-state index is 5.62. The summed E-state index contributed by atoms with van der Waals surface area (Å²) in [7, 11) is 1.78. The van der Waals surface area contributed by atoms with Crippen LogP contribution < -0.4 is 0 Å². The summed E-state index contributed by atoms with van der Waals surface area (Å²) in [4.78, 5) is 14.7. The van der Waals surface area contributed by atoms with Gasteiger partial charge in [-0.25, -0.2) is 4.98 Å². The third-order valence-electron chi connectivity index (χ3n) is 4.89. The van der Waals surface area contributed by atoms with Crippen LogP contribution in [-0.4, -0.2) is 49.8 Å². The number of nitrogens with zero attached hydrogens (tertiary/aromatic N) is 4. The predicted octanol–water partition coefficient (Wildman–Crippen LogP) is 2.47. The third-order valence-corrected chi connectivity index (χ3v) is 4.89. The Kier molecular flexibility index (Phi) is 4.33. The van der Waals surface area contributed by atoms with Crippen LogP contribution in [-0.2, 0) is 11.3 Å². The molecule has 4 heterocycles. The molecule has 2 atom stereocenters. The molecule has 25 heavy (non-hydrogen) atoms. The van der Waals surface area contributed by atoms with Crippen molar-refractivity contribution in [3.05, 3.63) is 54.0 Å². The minimum atomic E-state index is 0.199. The Balaban J connectivity index is 1.58. The van der Waals surface area contributed by atoms with Crippen molar-refractivity contribution in [3.63, 3.8) is 0 Å². The van der Waals surface area contributed by atoms with Crippen LogP contribution in [0.2, 0.25) is 0 Å². The highest BCUT2D eigenvalue weighted by Gasteiger charge is 2.35. The average Bonchev–Trinajstić information content (AvgIpc) is 3.36. The van der Waals surface area contributed by atoms with E-state index in [9.17, 15) is 0 Å². The van der Waals surface area contributed by atoms with E-state index in [1.165, 1.54) is 5.56 Å². The van der Waals surface area contributed by atoms with Gasteiger partial charge in [0, 0.05) is 49.4 Å². The Hall–Kier alpha value is -2.51. The molecule has 0 amide bonds. The lowest BCUT2D eigenvalue weighted by Crippen LogP contribution is -2.25. The smallest absolute Gasteiger partial charge is 0.124 e. The number of nitrogens with one attached hydrogen (secondary N) is 2. The van der Waals surface area contributed by atoms with Crippen LogP contribution in [0.25, 0.3) is 11.3 Å². The van der Waals surface area contributed by atoms with Crippen LogP contribution in [0.3, 0.4) is 0 Å². The van der Waals surface area contributed by atoms with Gasteiger partial charge in [-0.05, 0) is 25.5 Å². The molecule has 7 heteroatoms. The minimum absolute atomic E-state index is 0.199. The van der Waals surface area contributed by atoms with Crippen molar-refractivity contribution in [2.45, 2.75) is 32.0 Å². The number of H-pyrrole nitrogens is 2. The number of methoxy groups -OCH3 is 1. The van der Waals surface area contributed by atoms with E-state index >= 15 is 0 Å². The summed E-state index contributed by atoms with van der Waals surface area (Å²) in [5, 5.41) is 7.14. The highest BCUT2D eigenvalue weighted by Crippen LogP contribution is 2.34. The summed E-state index contributed by atoms with van der Waals surface area (Å²) in [6.45, 7) is 3.76. The molecule has 0 bridgehead atoms. The molecule has 0 spiro atoms. The maximum Gasteiger partial charge on any atom is 0.124 e. The lowest BCUT2D eigenvalue weighted by atomic mass is 10.1. The number of ether oxygens (including phenoxy) is 1. The number of aromatic amines is 2. The molecule has 1 aliphatic rings. The number of hydrogen-bond donors (Lipinski definition) is 2. The van der Waals surface area contributed by atoms with Gasteiger partial charge in [0.1, 0.15) is 5.82 Å². The average molecular weight is 338 g/mol. The van der Waals surface area contributed by atoms with Gasteiger partial charge in [0.05, 0.1) is 30.2 Å². The zero-order valence-corrected chi connectivity index (χ0v) is 14.4. The first-order valence-corrected chi connectivity index (χ1v) is 8.45. The summed E-state index contributed by atoms with van der Waals surface area (Å²) in [6, 6.07) is 4.16. The van der Waals surface area contributed by atoms with Crippen LogP contribution in [0.15, 0.2) is 36.9 Å². The molecule has 130 valence electrons. The molecule has 0 radical (unpaired) electrons. The molecule has 1 saturated heterocycles. The lowest BCUT2D eigenvalue weighted by Gasteiger charge is -2.22. The standard InChI is InChI=1S/C18H22N6O/c1-12-14(8-21-23-12)10-24-11-15(25-2)6-17(24)18-20-9-16(22-18)13-4-3-5-19-7-13/h3-5,7-9,15,17H,6,10-11H2,1-2H3,(H,20,22)(H,21,23)/t15-,17+/m1/s1. The molecular weight excluding hydrogens is 316 g/mol. The van der Waals surface area contributed by atoms with E-state index in [-0.39, 0.29) is 12.1 Å². The zero-order chi connectivity index (χ0) is 17.2. The quantitative estimate of drug-likeness (QED) is 0.747. The fourth-order valence-electron chi connectivity index (χ4n) is 3.42. The van der Waals surface area contributed by atoms with Crippen molar-refractivity contribution < 1.29 is 4.74 Å². The van der Waals surface area contributed by atoms with Gasteiger partial charge >= 0.3 is 0 Å². The number of aromatic nitrogens is 5. The van der Waals surface area contributed by atoms with Crippen LogP contribution >= 0.6 is 0 Å². The first kappa shape index (κ1) is 16.0. The number of pyridine rings is 1. The van der Waals surface area contributed by atoms with E-state index in [1.54, 1.807) is 13.3 Å². The van der Waals surface area contributed by atoms with E-state index in [1.807, 2.05) is 30.7 Å². The molecule has 0 unspecified atom stereocenters. The van der Waals surface area contributed by atoms with Crippen molar-refractivity contribution in [2.24, 2.45) is 0 Å². The van der Waals surface area contributed by atoms with Crippen molar-refractivity contribution in [3.8, 4) is 11.3 Å². The van der Waals surface area contributed by atoms with Crippen LogP contribution in [0.5, 0.6) is 0 Å². The zero-order valence-electron chi connectivity index (χ0n) is 14.4. The highest BCUT2D eigenvalue weighted by molar-refractivity contribution is 5.56. The van der Waals surface area contributed by atoms with Gasteiger partial charge in [-0.1, -0.05) is 0 Å². The van der Waals surface area contributed by atoms with Gasteiger partial charge in [-0.15, -0.1) is 0 Å². The molecule has 1 aliphatic heterocycles. The second kappa shape index (κ2) is 6.78. The lowest BCUT2D eigenvalue weighted by molar-refractivity contribution is 0.107. The maximum atomic E-state index is 5.62. The molecule has 0 aromatic carbocycles. The fourth-order valence-corrected chi connectivity index (χ4v) is 3.42. The van der Waals surface area contributed by atoms with Gasteiger partial charge in [-0.3, -0.25) is 15.0 Å². The number of aryl methyl sites for hydroxylation is 1. The Labute approximate surface area is 146 Å². The summed E-state index contributed by atoms with van der Waals surface area (Å²) in [5.41, 5.74) is 4.35. The first-order valence-electron chi connectivity index (χ1n) is 8.45. The van der Waals surface area contributed by atoms with Crippen LogP contribution in [0.4, 0.5) is 0 Å². The van der Waals surface area contributed by atoms with Gasteiger partial charge in [0.2, 0.25) is 0 Å². The number of rotatable bonds is 5. The SMILES string of the molecule is CO[C@@H]1C[C@@H](c2ncc(-c3cccnc3)[nH]2)N(Cc2cn[nH]c2C)C1. The highest BCUT2D eigenvalue weighted by atomic mass is 16.5. The van der Waals surface area contributed by atoms with Gasteiger partial charge < -0.3 is 9.72 Å². The van der Waals surface area contributed by atoms with E-state index in [0.717, 1.165) is 42.3 Å². The van der Waals surface area contributed by atoms with Gasteiger partial charge in [0.15, 0.2) is 0 Å². The molecule has 7 nitrogen and oxygen atoms in total. The number of hydrogen-bond acceptors (Lipinski definition) is 5.